The van der Waals surface area contributed by atoms with Crippen molar-refractivity contribution in [3.8, 4) is 24.5 Å². The average Bonchev–Trinajstić information content (AvgIpc) is 3.02. The minimum Gasteiger partial charge on any atom is -0.316 e. The lowest BCUT2D eigenvalue weighted by Gasteiger charge is -2.28. The van der Waals surface area contributed by atoms with Crippen molar-refractivity contribution in [3.63, 3.8) is 0 Å². The Balaban J connectivity index is 2.03. The highest BCUT2D eigenvalue weighted by molar-refractivity contribution is 5.76. The van der Waals surface area contributed by atoms with Crippen LogP contribution in [0.3, 0.4) is 0 Å². The summed E-state index contributed by atoms with van der Waals surface area (Å²) in [7, 11) is 0. The molecule has 0 unspecified atom stereocenters. The summed E-state index contributed by atoms with van der Waals surface area (Å²) in [6, 6.07) is 12.4. The minimum absolute atomic E-state index is 0.0617. The first-order valence-corrected chi connectivity index (χ1v) is 7.98. The van der Waals surface area contributed by atoms with Crippen LogP contribution in [0, 0.1) is 35.0 Å². The van der Waals surface area contributed by atoms with Crippen molar-refractivity contribution in [3.05, 3.63) is 35.4 Å². The lowest BCUT2D eigenvalue weighted by atomic mass is 10.1. The number of benzene rings is 1. The van der Waals surface area contributed by atoms with E-state index >= 15 is 0 Å². The Hall–Kier alpha value is -2.81. The van der Waals surface area contributed by atoms with E-state index in [4.69, 9.17) is 16.9 Å². The lowest BCUT2D eigenvalue weighted by molar-refractivity contribution is -0.130. The number of nitrogens with zero attached hydrogens (tertiary/aromatic N) is 4. The molecule has 0 aromatic heterocycles. The number of hydrogen-bond acceptors (Lipinski definition) is 4. The van der Waals surface area contributed by atoms with Crippen LogP contribution in [0.25, 0.3) is 0 Å². The molecule has 1 atom stereocenters. The van der Waals surface area contributed by atoms with E-state index in [9.17, 15) is 4.79 Å². The van der Waals surface area contributed by atoms with Crippen LogP contribution in [0.1, 0.15) is 30.0 Å². The highest BCUT2D eigenvalue weighted by atomic mass is 16.2. The molecule has 0 radical (unpaired) electrons. The van der Waals surface area contributed by atoms with E-state index in [0.29, 0.717) is 13.1 Å². The highest BCUT2D eigenvalue weighted by Gasteiger charge is 2.27. The molecule has 0 bridgehead atoms. The second-order valence-corrected chi connectivity index (χ2v) is 5.74. The maximum atomic E-state index is 12.2. The van der Waals surface area contributed by atoms with E-state index < -0.39 is 0 Å². The van der Waals surface area contributed by atoms with E-state index in [1.54, 1.807) is 0 Å². The number of rotatable bonds is 7. The van der Waals surface area contributed by atoms with Crippen molar-refractivity contribution in [2.24, 2.45) is 0 Å². The third-order valence-corrected chi connectivity index (χ3v) is 4.33. The smallest absolute Gasteiger partial charge is 0.225 e. The largest absolute Gasteiger partial charge is 0.316 e. The topological polar surface area (TPSA) is 71.1 Å². The van der Waals surface area contributed by atoms with Gasteiger partial charge in [-0.1, -0.05) is 30.2 Å². The maximum Gasteiger partial charge on any atom is 0.225 e. The van der Waals surface area contributed by atoms with Crippen LogP contribution in [-0.4, -0.2) is 41.9 Å². The van der Waals surface area contributed by atoms with E-state index in [2.05, 4.69) is 23.0 Å². The molecule has 24 heavy (non-hydrogen) atoms. The minimum atomic E-state index is -0.189. The fourth-order valence-corrected chi connectivity index (χ4v) is 3.18. The molecular weight excluding hydrogens is 300 g/mol. The molecule has 0 saturated heterocycles. The summed E-state index contributed by atoms with van der Waals surface area (Å²) in [6.45, 7) is 0.875. The molecule has 1 aromatic rings. The van der Waals surface area contributed by atoms with E-state index in [1.165, 1.54) is 16.0 Å². The van der Waals surface area contributed by atoms with E-state index in [-0.39, 0.29) is 31.5 Å². The summed E-state index contributed by atoms with van der Waals surface area (Å²) in [6.07, 6.45) is 7.77. The van der Waals surface area contributed by atoms with Gasteiger partial charge in [0.15, 0.2) is 0 Å². The first-order valence-electron chi connectivity index (χ1n) is 7.98. The van der Waals surface area contributed by atoms with Gasteiger partial charge in [-0.3, -0.25) is 9.69 Å². The Bertz CT molecular complexity index is 691. The molecule has 0 heterocycles. The average molecular weight is 320 g/mol. The summed E-state index contributed by atoms with van der Waals surface area (Å²) >= 11 is 0. The van der Waals surface area contributed by atoms with Crippen LogP contribution in [-0.2, 0) is 11.2 Å². The van der Waals surface area contributed by atoms with Crippen LogP contribution < -0.4 is 0 Å². The van der Waals surface area contributed by atoms with Gasteiger partial charge in [0, 0.05) is 19.0 Å². The summed E-state index contributed by atoms with van der Waals surface area (Å²) in [5.74, 6) is 2.49. The molecule has 122 valence electrons. The van der Waals surface area contributed by atoms with Gasteiger partial charge >= 0.3 is 0 Å². The first-order chi connectivity index (χ1) is 11.7. The summed E-state index contributed by atoms with van der Waals surface area (Å²) < 4.78 is 0. The van der Waals surface area contributed by atoms with Crippen molar-refractivity contribution in [1.82, 2.24) is 9.80 Å². The molecule has 0 spiro atoms. The van der Waals surface area contributed by atoms with E-state index in [1.807, 2.05) is 24.3 Å². The Kier molecular flexibility index (Phi) is 6.38. The quantitative estimate of drug-likeness (QED) is 0.568. The van der Waals surface area contributed by atoms with Crippen LogP contribution in [0.4, 0.5) is 0 Å². The molecule has 5 nitrogen and oxygen atoms in total. The van der Waals surface area contributed by atoms with Crippen molar-refractivity contribution in [2.45, 2.75) is 25.3 Å². The van der Waals surface area contributed by atoms with Gasteiger partial charge in [0.2, 0.25) is 5.91 Å². The fourth-order valence-electron chi connectivity index (χ4n) is 3.18. The number of nitriles is 2. The Morgan fingerprint density at radius 3 is 2.58 bits per heavy atom. The number of aryl methyl sites for hydroxylation is 1. The van der Waals surface area contributed by atoms with Crippen molar-refractivity contribution in [1.29, 1.82) is 10.5 Å². The van der Waals surface area contributed by atoms with Gasteiger partial charge in [0.25, 0.3) is 0 Å². The summed E-state index contributed by atoms with van der Waals surface area (Å²) in [5, 5.41) is 17.5. The standard InChI is InChI=1S/C19H20N4O/c1-2-12-22(13-9-19(24)23(14-10-20)15-11-21)18-8-7-16-5-3-4-6-17(16)18/h1,3-6,18H,7-9,12-15H2/t18-/m1/s1. The number of amides is 1. The Labute approximate surface area is 143 Å². The van der Waals surface area contributed by atoms with Crippen LogP contribution in [0.5, 0.6) is 0 Å². The zero-order valence-electron chi connectivity index (χ0n) is 13.6. The molecule has 2 rings (SSSR count). The molecule has 1 aromatic carbocycles. The van der Waals surface area contributed by atoms with Crippen LogP contribution in [0.2, 0.25) is 0 Å². The third kappa shape index (κ3) is 4.13. The molecule has 0 saturated carbocycles. The van der Waals surface area contributed by atoms with Gasteiger partial charge < -0.3 is 4.90 Å². The molecule has 1 amide bonds. The van der Waals surface area contributed by atoms with Gasteiger partial charge in [0.1, 0.15) is 13.1 Å². The number of carbonyl (C=O) groups excluding carboxylic acids is 1. The van der Waals surface area contributed by atoms with Crippen LogP contribution >= 0.6 is 0 Å². The second kappa shape index (κ2) is 8.73. The molecule has 0 aliphatic heterocycles. The third-order valence-electron chi connectivity index (χ3n) is 4.33. The van der Waals surface area contributed by atoms with Crippen molar-refractivity contribution >= 4 is 5.91 Å². The molecular formula is C19H20N4O. The molecule has 1 aliphatic rings. The predicted octanol–water partition coefficient (Wildman–Crippen LogP) is 1.87. The second-order valence-electron chi connectivity index (χ2n) is 5.74. The Morgan fingerprint density at radius 1 is 1.21 bits per heavy atom. The van der Waals surface area contributed by atoms with Crippen molar-refractivity contribution < 1.29 is 4.79 Å². The SMILES string of the molecule is C#CCN(CCC(=O)N(CC#N)CC#N)[C@@H]1CCc2ccccc21. The maximum absolute atomic E-state index is 12.2. The molecule has 5 heteroatoms. The van der Waals surface area contributed by atoms with Crippen LogP contribution in [0.15, 0.2) is 24.3 Å². The van der Waals surface area contributed by atoms with Gasteiger partial charge in [0.05, 0.1) is 18.7 Å². The lowest BCUT2D eigenvalue weighted by Crippen LogP contribution is -2.36. The number of fused-ring (bicyclic) bond motifs is 1. The molecule has 0 fully saturated rings. The predicted molar refractivity (Wildman–Crippen MR) is 90.3 cm³/mol. The van der Waals surface area contributed by atoms with E-state index in [0.717, 1.165) is 12.8 Å². The highest BCUT2D eigenvalue weighted by Crippen LogP contribution is 2.35. The number of carbonyl (C=O) groups is 1. The fraction of sp³-hybridized carbons (Fsp3) is 0.421. The molecule has 0 N–H and O–H groups in total. The monoisotopic (exact) mass is 320 g/mol. The van der Waals surface area contributed by atoms with Gasteiger partial charge in [-0.2, -0.15) is 10.5 Å². The summed E-state index contributed by atoms with van der Waals surface area (Å²) in [4.78, 5) is 15.7. The normalized spacial score (nSPS) is 15.2. The Morgan fingerprint density at radius 2 is 1.92 bits per heavy atom. The van der Waals surface area contributed by atoms with Gasteiger partial charge in [-0.25, -0.2) is 0 Å². The number of hydrogen-bond donors (Lipinski definition) is 0. The zero-order chi connectivity index (χ0) is 17.4. The zero-order valence-corrected chi connectivity index (χ0v) is 13.6. The molecule has 1 aliphatic carbocycles. The number of terminal acetylenes is 1. The van der Waals surface area contributed by atoms with Gasteiger partial charge in [-0.05, 0) is 24.0 Å². The van der Waals surface area contributed by atoms with Gasteiger partial charge in [-0.15, -0.1) is 6.42 Å². The summed E-state index contributed by atoms with van der Waals surface area (Å²) in [5.41, 5.74) is 2.62. The van der Waals surface area contributed by atoms with Crippen molar-refractivity contribution in [2.75, 3.05) is 26.2 Å². The first kappa shape index (κ1) is 17.5.